The third-order valence-electron chi connectivity index (χ3n) is 3.71. The van der Waals surface area contributed by atoms with E-state index in [2.05, 4.69) is 20.4 Å². The SMILES string of the molecule is CC(C)CC(=O)n1nc(-c2cccnc2)nc1NCc1ccc(Cl)cc1. The first-order valence-electron chi connectivity index (χ1n) is 8.42. The van der Waals surface area contributed by atoms with Crippen LogP contribution in [0.3, 0.4) is 0 Å². The molecule has 0 saturated carbocycles. The molecule has 0 aliphatic rings. The van der Waals surface area contributed by atoms with Crippen LogP contribution in [0.25, 0.3) is 11.4 Å². The van der Waals surface area contributed by atoms with Gasteiger partial charge in [0.05, 0.1) is 0 Å². The zero-order valence-corrected chi connectivity index (χ0v) is 15.4. The van der Waals surface area contributed by atoms with Gasteiger partial charge in [-0.15, -0.1) is 5.10 Å². The van der Waals surface area contributed by atoms with Crippen molar-refractivity contribution in [3.05, 3.63) is 59.4 Å². The standard InChI is InChI=1S/C19H20ClN5O/c1-13(2)10-17(26)25-19(22-11-14-5-7-16(20)8-6-14)23-18(24-25)15-4-3-9-21-12-15/h3-9,12-13H,10-11H2,1-2H3,(H,22,23,24). The van der Waals surface area contributed by atoms with Crippen molar-refractivity contribution in [3.8, 4) is 11.4 Å². The van der Waals surface area contributed by atoms with Crippen molar-refractivity contribution < 1.29 is 4.79 Å². The summed E-state index contributed by atoms with van der Waals surface area (Å²) in [7, 11) is 0. The number of aromatic nitrogens is 4. The van der Waals surface area contributed by atoms with Gasteiger partial charge in [0.25, 0.3) is 0 Å². The Morgan fingerprint density at radius 2 is 2.00 bits per heavy atom. The number of pyridine rings is 1. The van der Waals surface area contributed by atoms with Gasteiger partial charge in [-0.25, -0.2) is 0 Å². The summed E-state index contributed by atoms with van der Waals surface area (Å²) >= 11 is 5.92. The highest BCUT2D eigenvalue weighted by Crippen LogP contribution is 2.19. The predicted molar refractivity (Wildman–Crippen MR) is 102 cm³/mol. The lowest BCUT2D eigenvalue weighted by Gasteiger charge is -2.08. The van der Waals surface area contributed by atoms with E-state index in [9.17, 15) is 4.79 Å². The van der Waals surface area contributed by atoms with E-state index in [-0.39, 0.29) is 11.8 Å². The van der Waals surface area contributed by atoms with E-state index in [1.807, 2.05) is 50.2 Å². The lowest BCUT2D eigenvalue weighted by Crippen LogP contribution is -2.18. The third kappa shape index (κ3) is 4.46. The molecule has 134 valence electrons. The largest absolute Gasteiger partial charge is 0.350 e. The quantitative estimate of drug-likeness (QED) is 0.701. The second-order valence-electron chi connectivity index (χ2n) is 6.38. The Hall–Kier alpha value is -2.73. The second-order valence-corrected chi connectivity index (χ2v) is 6.82. The van der Waals surface area contributed by atoms with Crippen LogP contribution < -0.4 is 5.32 Å². The summed E-state index contributed by atoms with van der Waals surface area (Å²) in [6.07, 6.45) is 3.76. The molecule has 0 saturated heterocycles. The van der Waals surface area contributed by atoms with Gasteiger partial charge in [0, 0.05) is 35.9 Å². The average Bonchev–Trinajstić information content (AvgIpc) is 3.06. The summed E-state index contributed by atoms with van der Waals surface area (Å²) in [5, 5.41) is 8.27. The Morgan fingerprint density at radius 1 is 1.23 bits per heavy atom. The molecule has 0 fully saturated rings. The van der Waals surface area contributed by atoms with E-state index < -0.39 is 0 Å². The zero-order chi connectivity index (χ0) is 18.5. The van der Waals surface area contributed by atoms with Gasteiger partial charge < -0.3 is 5.32 Å². The predicted octanol–water partition coefficient (Wildman–Crippen LogP) is 4.29. The highest BCUT2D eigenvalue weighted by molar-refractivity contribution is 6.30. The normalized spacial score (nSPS) is 10.9. The van der Waals surface area contributed by atoms with Crippen LogP contribution in [0.4, 0.5) is 5.95 Å². The molecule has 7 heteroatoms. The molecular weight excluding hydrogens is 350 g/mol. The van der Waals surface area contributed by atoms with E-state index >= 15 is 0 Å². The summed E-state index contributed by atoms with van der Waals surface area (Å²) in [5.41, 5.74) is 1.79. The molecule has 0 amide bonds. The fraction of sp³-hybridized carbons (Fsp3) is 0.263. The molecular formula is C19H20ClN5O. The number of benzene rings is 1. The molecule has 0 aliphatic heterocycles. The monoisotopic (exact) mass is 369 g/mol. The summed E-state index contributed by atoms with van der Waals surface area (Å²) in [6.45, 7) is 4.51. The van der Waals surface area contributed by atoms with E-state index in [1.54, 1.807) is 12.4 Å². The number of nitrogens with one attached hydrogen (secondary N) is 1. The number of carbonyl (C=O) groups excluding carboxylic acids is 1. The average molecular weight is 370 g/mol. The van der Waals surface area contributed by atoms with Crippen molar-refractivity contribution >= 4 is 23.5 Å². The summed E-state index contributed by atoms with van der Waals surface area (Å²) < 4.78 is 1.35. The highest BCUT2D eigenvalue weighted by atomic mass is 35.5. The zero-order valence-electron chi connectivity index (χ0n) is 14.7. The molecule has 3 rings (SSSR count). The van der Waals surface area contributed by atoms with Gasteiger partial charge in [-0.2, -0.15) is 9.67 Å². The molecule has 0 spiro atoms. The number of carbonyl (C=O) groups is 1. The lowest BCUT2D eigenvalue weighted by atomic mass is 10.1. The van der Waals surface area contributed by atoms with Crippen molar-refractivity contribution in [2.45, 2.75) is 26.8 Å². The van der Waals surface area contributed by atoms with Crippen LogP contribution in [0.1, 0.15) is 30.6 Å². The molecule has 26 heavy (non-hydrogen) atoms. The van der Waals surface area contributed by atoms with E-state index in [4.69, 9.17) is 11.6 Å². The first-order valence-corrected chi connectivity index (χ1v) is 8.79. The van der Waals surface area contributed by atoms with E-state index in [1.165, 1.54) is 4.68 Å². The summed E-state index contributed by atoms with van der Waals surface area (Å²) in [6, 6.07) is 11.2. The summed E-state index contributed by atoms with van der Waals surface area (Å²) in [5.74, 6) is 1.03. The maximum Gasteiger partial charge on any atom is 0.250 e. The first kappa shape index (κ1) is 18.1. The van der Waals surface area contributed by atoms with E-state index in [0.29, 0.717) is 29.8 Å². The van der Waals surface area contributed by atoms with Gasteiger partial charge >= 0.3 is 0 Å². The topological polar surface area (TPSA) is 72.7 Å². The van der Waals surface area contributed by atoms with E-state index in [0.717, 1.165) is 11.1 Å². The molecule has 2 heterocycles. The van der Waals surface area contributed by atoms with Crippen molar-refractivity contribution in [3.63, 3.8) is 0 Å². The minimum absolute atomic E-state index is 0.0961. The van der Waals surface area contributed by atoms with Gasteiger partial charge in [-0.1, -0.05) is 37.6 Å². The van der Waals surface area contributed by atoms with Crippen molar-refractivity contribution in [2.75, 3.05) is 5.32 Å². The van der Waals surface area contributed by atoms with Crippen LogP contribution in [-0.2, 0) is 6.54 Å². The molecule has 1 aromatic carbocycles. The molecule has 2 aromatic heterocycles. The fourth-order valence-corrected chi connectivity index (χ4v) is 2.56. The fourth-order valence-electron chi connectivity index (χ4n) is 2.44. The molecule has 0 radical (unpaired) electrons. The third-order valence-corrected chi connectivity index (χ3v) is 3.96. The van der Waals surface area contributed by atoms with Crippen LogP contribution in [-0.4, -0.2) is 25.7 Å². The van der Waals surface area contributed by atoms with Crippen LogP contribution in [0.2, 0.25) is 5.02 Å². The molecule has 0 unspecified atom stereocenters. The molecule has 0 atom stereocenters. The van der Waals surface area contributed by atoms with Gasteiger partial charge in [0.2, 0.25) is 11.9 Å². The van der Waals surface area contributed by atoms with Gasteiger partial charge in [-0.3, -0.25) is 9.78 Å². The second kappa shape index (κ2) is 8.10. The number of halogens is 1. The maximum absolute atomic E-state index is 12.6. The summed E-state index contributed by atoms with van der Waals surface area (Å²) in [4.78, 5) is 21.1. The first-order chi connectivity index (χ1) is 12.5. The highest BCUT2D eigenvalue weighted by Gasteiger charge is 2.18. The maximum atomic E-state index is 12.6. The Kier molecular flexibility index (Phi) is 5.63. The molecule has 1 N–H and O–H groups in total. The van der Waals surface area contributed by atoms with Crippen molar-refractivity contribution in [1.29, 1.82) is 0 Å². The van der Waals surface area contributed by atoms with Gasteiger partial charge in [-0.05, 0) is 35.7 Å². The van der Waals surface area contributed by atoms with Crippen LogP contribution in [0, 0.1) is 5.92 Å². The van der Waals surface area contributed by atoms with Gasteiger partial charge in [0.1, 0.15) is 0 Å². The Morgan fingerprint density at radius 3 is 2.65 bits per heavy atom. The number of rotatable bonds is 6. The van der Waals surface area contributed by atoms with Crippen LogP contribution in [0.5, 0.6) is 0 Å². The molecule has 0 aliphatic carbocycles. The molecule has 0 bridgehead atoms. The van der Waals surface area contributed by atoms with Crippen molar-refractivity contribution in [1.82, 2.24) is 19.7 Å². The van der Waals surface area contributed by atoms with Crippen molar-refractivity contribution in [2.24, 2.45) is 5.92 Å². The minimum atomic E-state index is -0.0961. The number of anilines is 1. The van der Waals surface area contributed by atoms with Crippen LogP contribution >= 0.6 is 11.6 Å². The number of hydrogen-bond acceptors (Lipinski definition) is 5. The Bertz CT molecular complexity index is 875. The lowest BCUT2D eigenvalue weighted by molar-refractivity contribution is 0.0873. The number of hydrogen-bond donors (Lipinski definition) is 1. The minimum Gasteiger partial charge on any atom is -0.350 e. The number of nitrogens with zero attached hydrogens (tertiary/aromatic N) is 4. The van der Waals surface area contributed by atoms with Crippen LogP contribution in [0.15, 0.2) is 48.8 Å². The molecule has 6 nitrogen and oxygen atoms in total. The Labute approximate surface area is 157 Å². The van der Waals surface area contributed by atoms with Gasteiger partial charge in [0.15, 0.2) is 5.82 Å². The Balaban J connectivity index is 1.87. The smallest absolute Gasteiger partial charge is 0.250 e. The molecule has 3 aromatic rings.